The molecular formula is C12H11BrN2O4S2. The number of aromatic carboxylic acids is 1. The number of thiophene rings is 1. The highest BCUT2D eigenvalue weighted by Gasteiger charge is 2.26. The van der Waals surface area contributed by atoms with E-state index in [0.717, 1.165) is 15.6 Å². The van der Waals surface area contributed by atoms with Crippen LogP contribution in [-0.2, 0) is 10.0 Å². The Morgan fingerprint density at radius 2 is 2.05 bits per heavy atom. The zero-order chi connectivity index (χ0) is 15.8. The van der Waals surface area contributed by atoms with Gasteiger partial charge in [0.25, 0.3) is 10.0 Å². The number of carboxylic acids is 1. The minimum Gasteiger partial charge on any atom is -0.478 e. The van der Waals surface area contributed by atoms with Gasteiger partial charge in [0.2, 0.25) is 0 Å². The molecule has 9 heteroatoms. The number of rotatable bonds is 4. The van der Waals surface area contributed by atoms with Crippen LogP contribution in [0.15, 0.2) is 38.3 Å². The summed E-state index contributed by atoms with van der Waals surface area (Å²) < 4.78 is 26.7. The second-order valence-corrected chi connectivity index (χ2v) is 8.04. The van der Waals surface area contributed by atoms with Crippen molar-refractivity contribution in [3.05, 3.63) is 39.7 Å². The second-order valence-electron chi connectivity index (χ2n) is 4.11. The van der Waals surface area contributed by atoms with Crippen LogP contribution < -0.4 is 10.0 Å². The third-order valence-corrected chi connectivity index (χ3v) is 7.21. The number of sulfonamides is 1. The van der Waals surface area contributed by atoms with Crippen LogP contribution in [0.4, 0.5) is 11.4 Å². The first-order valence-corrected chi connectivity index (χ1v) is 8.71. The van der Waals surface area contributed by atoms with Gasteiger partial charge in [0.15, 0.2) is 4.21 Å². The number of hydrogen-bond acceptors (Lipinski definition) is 5. The first-order valence-electron chi connectivity index (χ1n) is 5.60. The van der Waals surface area contributed by atoms with E-state index in [1.807, 2.05) is 0 Å². The molecule has 0 saturated carbocycles. The minimum absolute atomic E-state index is 0.000600. The van der Waals surface area contributed by atoms with Crippen LogP contribution in [-0.4, -0.2) is 26.5 Å². The van der Waals surface area contributed by atoms with E-state index >= 15 is 0 Å². The molecule has 3 N–H and O–H groups in total. The molecule has 21 heavy (non-hydrogen) atoms. The Bertz CT molecular complexity index is 801. The van der Waals surface area contributed by atoms with Crippen molar-refractivity contribution in [2.45, 2.75) is 4.21 Å². The maximum atomic E-state index is 12.5. The summed E-state index contributed by atoms with van der Waals surface area (Å²) in [4.78, 5) is 10.9. The molecule has 6 nitrogen and oxygen atoms in total. The zero-order valence-corrected chi connectivity index (χ0v) is 14.0. The molecule has 112 valence electrons. The highest BCUT2D eigenvalue weighted by atomic mass is 79.9. The van der Waals surface area contributed by atoms with Crippen molar-refractivity contribution < 1.29 is 18.3 Å². The average Bonchev–Trinajstić information content (AvgIpc) is 2.84. The predicted octanol–water partition coefficient (Wildman–Crippen LogP) is 2.62. The lowest BCUT2D eigenvalue weighted by Crippen LogP contribution is -2.27. The van der Waals surface area contributed by atoms with Crippen LogP contribution in [0.3, 0.4) is 0 Å². The van der Waals surface area contributed by atoms with Gasteiger partial charge in [-0.05, 0) is 45.6 Å². The van der Waals surface area contributed by atoms with E-state index in [1.165, 1.54) is 25.2 Å². The lowest BCUT2D eigenvalue weighted by atomic mass is 10.2. The normalized spacial score (nSPS) is 11.3. The molecule has 0 spiro atoms. The second kappa shape index (κ2) is 5.66. The van der Waals surface area contributed by atoms with Gasteiger partial charge in [-0.2, -0.15) is 0 Å². The molecule has 0 fully saturated rings. The first-order chi connectivity index (χ1) is 9.75. The quantitative estimate of drug-likeness (QED) is 0.781. The van der Waals surface area contributed by atoms with Crippen LogP contribution in [0, 0.1) is 0 Å². The van der Waals surface area contributed by atoms with Crippen LogP contribution >= 0.6 is 27.3 Å². The van der Waals surface area contributed by atoms with Crippen molar-refractivity contribution >= 4 is 54.6 Å². The highest BCUT2D eigenvalue weighted by Crippen LogP contribution is 2.34. The van der Waals surface area contributed by atoms with E-state index in [9.17, 15) is 13.2 Å². The van der Waals surface area contributed by atoms with E-state index in [0.29, 0.717) is 4.47 Å². The molecule has 0 saturated heterocycles. The standard InChI is InChI=1S/C12H11BrN2O4S2/c1-15(21(18,19)12-8(13)4-5-20-12)10-3-2-7(11(16)17)6-9(10)14/h2-6H,14H2,1H3,(H,16,17). The topological polar surface area (TPSA) is 101 Å². The Morgan fingerprint density at radius 3 is 2.52 bits per heavy atom. The Hall–Kier alpha value is -1.58. The van der Waals surface area contributed by atoms with Gasteiger partial charge in [0.1, 0.15) is 0 Å². The van der Waals surface area contributed by atoms with E-state index in [1.54, 1.807) is 11.4 Å². The van der Waals surface area contributed by atoms with Crippen molar-refractivity contribution in [3.63, 3.8) is 0 Å². The third-order valence-electron chi connectivity index (χ3n) is 2.79. The fourth-order valence-electron chi connectivity index (χ4n) is 1.69. The van der Waals surface area contributed by atoms with Gasteiger partial charge in [-0.25, -0.2) is 13.2 Å². The number of nitrogen functional groups attached to an aromatic ring is 1. The molecule has 0 amide bonds. The van der Waals surface area contributed by atoms with Crippen LogP contribution in [0.1, 0.15) is 10.4 Å². The summed E-state index contributed by atoms with van der Waals surface area (Å²) in [6, 6.07) is 5.55. The monoisotopic (exact) mass is 390 g/mol. The number of halogens is 1. The molecule has 0 aliphatic heterocycles. The summed E-state index contributed by atoms with van der Waals surface area (Å²) in [5.41, 5.74) is 6.07. The van der Waals surface area contributed by atoms with E-state index in [2.05, 4.69) is 15.9 Å². The van der Waals surface area contributed by atoms with Crippen molar-refractivity contribution in [2.24, 2.45) is 0 Å². The number of carbonyl (C=O) groups is 1. The highest BCUT2D eigenvalue weighted by molar-refractivity contribution is 9.10. The Labute approximate surface area is 134 Å². The number of hydrogen-bond donors (Lipinski definition) is 2. The molecular weight excluding hydrogens is 380 g/mol. The summed E-state index contributed by atoms with van der Waals surface area (Å²) >= 11 is 4.27. The SMILES string of the molecule is CN(c1ccc(C(=O)O)cc1N)S(=O)(=O)c1sccc1Br. The van der Waals surface area contributed by atoms with Crippen molar-refractivity contribution in [2.75, 3.05) is 17.1 Å². The Morgan fingerprint density at radius 1 is 1.38 bits per heavy atom. The van der Waals surface area contributed by atoms with E-state index < -0.39 is 16.0 Å². The lowest BCUT2D eigenvalue weighted by molar-refractivity contribution is 0.0697. The van der Waals surface area contributed by atoms with Crippen LogP contribution in [0.5, 0.6) is 0 Å². The van der Waals surface area contributed by atoms with E-state index in [-0.39, 0.29) is 21.1 Å². The molecule has 0 bridgehead atoms. The molecule has 1 heterocycles. The summed E-state index contributed by atoms with van der Waals surface area (Å²) in [6.07, 6.45) is 0. The lowest BCUT2D eigenvalue weighted by Gasteiger charge is -2.20. The van der Waals surface area contributed by atoms with Gasteiger partial charge in [-0.1, -0.05) is 0 Å². The zero-order valence-electron chi connectivity index (χ0n) is 10.8. The Kier molecular flexibility index (Phi) is 4.26. The average molecular weight is 391 g/mol. The summed E-state index contributed by atoms with van der Waals surface area (Å²) in [5, 5.41) is 10.5. The van der Waals surface area contributed by atoms with Gasteiger partial charge in [0.05, 0.1) is 16.9 Å². The molecule has 2 aromatic rings. The number of carboxylic acid groups (broad SMARTS) is 1. The van der Waals surface area contributed by atoms with Crippen molar-refractivity contribution in [3.8, 4) is 0 Å². The van der Waals surface area contributed by atoms with Gasteiger partial charge in [-0.3, -0.25) is 4.31 Å². The summed E-state index contributed by atoms with van der Waals surface area (Å²) in [7, 11) is -2.39. The predicted molar refractivity (Wildman–Crippen MR) is 85.4 cm³/mol. The number of benzene rings is 1. The molecule has 0 atom stereocenters. The van der Waals surface area contributed by atoms with Gasteiger partial charge >= 0.3 is 5.97 Å². The fraction of sp³-hybridized carbons (Fsp3) is 0.0833. The maximum absolute atomic E-state index is 12.5. The largest absolute Gasteiger partial charge is 0.478 e. The maximum Gasteiger partial charge on any atom is 0.335 e. The molecule has 1 aromatic carbocycles. The first kappa shape index (κ1) is 15.8. The number of nitrogens with zero attached hydrogens (tertiary/aromatic N) is 1. The molecule has 0 aliphatic carbocycles. The van der Waals surface area contributed by atoms with Crippen LogP contribution in [0.25, 0.3) is 0 Å². The smallest absolute Gasteiger partial charge is 0.335 e. The fourth-order valence-corrected chi connectivity index (χ4v) is 5.38. The number of anilines is 2. The third kappa shape index (κ3) is 2.89. The molecule has 0 aliphatic rings. The van der Waals surface area contributed by atoms with Gasteiger partial charge in [-0.15, -0.1) is 11.3 Å². The minimum atomic E-state index is -3.76. The van der Waals surface area contributed by atoms with Gasteiger partial charge in [0, 0.05) is 11.5 Å². The number of nitrogens with two attached hydrogens (primary N) is 1. The van der Waals surface area contributed by atoms with Crippen molar-refractivity contribution in [1.29, 1.82) is 0 Å². The van der Waals surface area contributed by atoms with Crippen molar-refractivity contribution in [1.82, 2.24) is 0 Å². The molecule has 0 radical (unpaired) electrons. The van der Waals surface area contributed by atoms with Crippen LogP contribution in [0.2, 0.25) is 0 Å². The Balaban J connectivity index is 2.48. The summed E-state index contributed by atoms with van der Waals surface area (Å²) in [6.45, 7) is 0. The molecule has 0 unspecified atom stereocenters. The molecule has 2 rings (SSSR count). The summed E-state index contributed by atoms with van der Waals surface area (Å²) in [5.74, 6) is -1.13. The van der Waals surface area contributed by atoms with Gasteiger partial charge < -0.3 is 10.8 Å². The molecule has 1 aromatic heterocycles. The van der Waals surface area contributed by atoms with E-state index in [4.69, 9.17) is 10.8 Å².